The summed E-state index contributed by atoms with van der Waals surface area (Å²) in [5.74, 6) is 0.320. The van der Waals surface area contributed by atoms with E-state index >= 15 is 0 Å². The van der Waals surface area contributed by atoms with Gasteiger partial charge in [-0.3, -0.25) is 0 Å². The largest absolute Gasteiger partial charge is 0.478 e. The standard InChI is InChI=1S/C12H11NO3/c1-7-5-9(3-4-10(7)12(14)15)11-13-6-8(2)16-11/h3-6H,1-2H3,(H,14,15). The molecule has 0 aliphatic carbocycles. The van der Waals surface area contributed by atoms with Gasteiger partial charge < -0.3 is 9.52 Å². The van der Waals surface area contributed by atoms with E-state index in [2.05, 4.69) is 4.98 Å². The van der Waals surface area contributed by atoms with Crippen molar-refractivity contribution in [3.05, 3.63) is 41.3 Å². The predicted octanol–water partition coefficient (Wildman–Crippen LogP) is 2.66. The molecule has 0 saturated heterocycles. The molecule has 0 atom stereocenters. The summed E-state index contributed by atoms with van der Waals surface area (Å²) in [5, 5.41) is 8.89. The molecule has 0 spiro atoms. The van der Waals surface area contributed by atoms with Crippen molar-refractivity contribution in [2.24, 2.45) is 0 Å². The van der Waals surface area contributed by atoms with Crippen LogP contribution in [0, 0.1) is 13.8 Å². The molecule has 0 amide bonds. The second kappa shape index (κ2) is 3.81. The average Bonchev–Trinajstić information content (AvgIpc) is 2.64. The van der Waals surface area contributed by atoms with Crippen LogP contribution in [0.1, 0.15) is 21.7 Å². The van der Waals surface area contributed by atoms with Crippen molar-refractivity contribution in [2.75, 3.05) is 0 Å². The number of carboxylic acids is 1. The van der Waals surface area contributed by atoms with Gasteiger partial charge in [-0.25, -0.2) is 9.78 Å². The molecule has 0 radical (unpaired) electrons. The first-order valence-electron chi connectivity index (χ1n) is 4.84. The number of carboxylic acid groups (broad SMARTS) is 1. The maximum atomic E-state index is 10.8. The molecule has 82 valence electrons. The van der Waals surface area contributed by atoms with Gasteiger partial charge in [-0.05, 0) is 37.6 Å². The highest BCUT2D eigenvalue weighted by atomic mass is 16.4. The number of rotatable bonds is 2. The molecule has 0 fully saturated rings. The summed E-state index contributed by atoms with van der Waals surface area (Å²) in [4.78, 5) is 14.9. The van der Waals surface area contributed by atoms with Crippen molar-refractivity contribution in [3.8, 4) is 11.5 Å². The third-order valence-electron chi connectivity index (χ3n) is 2.33. The van der Waals surface area contributed by atoms with Crippen LogP contribution in [0.3, 0.4) is 0 Å². The second-order valence-electron chi connectivity index (χ2n) is 3.61. The zero-order valence-electron chi connectivity index (χ0n) is 9.02. The molecular formula is C12H11NO3. The average molecular weight is 217 g/mol. The molecule has 1 heterocycles. The van der Waals surface area contributed by atoms with Crippen LogP contribution in [0.4, 0.5) is 0 Å². The normalized spacial score (nSPS) is 10.4. The molecule has 4 heteroatoms. The van der Waals surface area contributed by atoms with Gasteiger partial charge in [0.25, 0.3) is 0 Å². The Morgan fingerprint density at radius 2 is 2.12 bits per heavy atom. The van der Waals surface area contributed by atoms with E-state index in [-0.39, 0.29) is 0 Å². The van der Waals surface area contributed by atoms with Gasteiger partial charge >= 0.3 is 5.97 Å². The minimum Gasteiger partial charge on any atom is -0.478 e. The van der Waals surface area contributed by atoms with Gasteiger partial charge in [0, 0.05) is 5.56 Å². The summed E-state index contributed by atoms with van der Waals surface area (Å²) in [6, 6.07) is 5.02. The van der Waals surface area contributed by atoms with Crippen molar-refractivity contribution in [1.82, 2.24) is 4.98 Å². The van der Waals surface area contributed by atoms with Crippen molar-refractivity contribution < 1.29 is 14.3 Å². The van der Waals surface area contributed by atoms with Crippen LogP contribution >= 0.6 is 0 Å². The Bertz CT molecular complexity index is 543. The van der Waals surface area contributed by atoms with E-state index in [1.165, 1.54) is 0 Å². The molecule has 4 nitrogen and oxygen atoms in total. The summed E-state index contributed by atoms with van der Waals surface area (Å²) in [6.45, 7) is 3.57. The lowest BCUT2D eigenvalue weighted by Crippen LogP contribution is -1.99. The zero-order chi connectivity index (χ0) is 11.7. The molecule has 0 saturated carbocycles. The lowest BCUT2D eigenvalue weighted by atomic mass is 10.1. The fourth-order valence-electron chi connectivity index (χ4n) is 1.52. The SMILES string of the molecule is Cc1cnc(-c2ccc(C(=O)O)c(C)c2)o1. The van der Waals surface area contributed by atoms with E-state index in [1.54, 1.807) is 31.3 Å². The molecule has 16 heavy (non-hydrogen) atoms. The Labute approximate surface area is 92.6 Å². The van der Waals surface area contributed by atoms with Crippen molar-refractivity contribution in [2.45, 2.75) is 13.8 Å². The lowest BCUT2D eigenvalue weighted by Gasteiger charge is -2.02. The van der Waals surface area contributed by atoms with Crippen LogP contribution in [0.25, 0.3) is 11.5 Å². The van der Waals surface area contributed by atoms with Gasteiger partial charge in [0.1, 0.15) is 5.76 Å². The molecule has 0 aliphatic heterocycles. The number of nitrogens with zero attached hydrogens (tertiary/aromatic N) is 1. The highest BCUT2D eigenvalue weighted by Gasteiger charge is 2.10. The highest BCUT2D eigenvalue weighted by Crippen LogP contribution is 2.21. The van der Waals surface area contributed by atoms with E-state index in [0.29, 0.717) is 17.0 Å². The number of hydrogen-bond donors (Lipinski definition) is 1. The molecule has 1 aromatic heterocycles. The van der Waals surface area contributed by atoms with Gasteiger partial charge in [-0.1, -0.05) is 0 Å². The Hall–Kier alpha value is -2.10. The number of hydrogen-bond acceptors (Lipinski definition) is 3. The van der Waals surface area contributed by atoms with Crippen LogP contribution in [-0.2, 0) is 0 Å². The zero-order valence-corrected chi connectivity index (χ0v) is 9.02. The first-order valence-corrected chi connectivity index (χ1v) is 4.84. The Morgan fingerprint density at radius 3 is 2.62 bits per heavy atom. The van der Waals surface area contributed by atoms with Gasteiger partial charge in [-0.15, -0.1) is 0 Å². The Balaban J connectivity index is 2.45. The molecule has 1 N–H and O–H groups in total. The summed E-state index contributed by atoms with van der Waals surface area (Å²) >= 11 is 0. The van der Waals surface area contributed by atoms with E-state index in [9.17, 15) is 4.79 Å². The fraction of sp³-hybridized carbons (Fsp3) is 0.167. The third kappa shape index (κ3) is 1.82. The number of oxazole rings is 1. The lowest BCUT2D eigenvalue weighted by molar-refractivity contribution is 0.0696. The molecule has 2 aromatic rings. The van der Waals surface area contributed by atoms with Crippen LogP contribution in [0.5, 0.6) is 0 Å². The summed E-state index contributed by atoms with van der Waals surface area (Å²) in [7, 11) is 0. The van der Waals surface area contributed by atoms with Crippen LogP contribution in [-0.4, -0.2) is 16.1 Å². The number of benzene rings is 1. The van der Waals surface area contributed by atoms with Crippen LogP contribution in [0.15, 0.2) is 28.8 Å². The number of aromatic carboxylic acids is 1. The fourth-order valence-corrected chi connectivity index (χ4v) is 1.52. The topological polar surface area (TPSA) is 63.3 Å². The van der Waals surface area contributed by atoms with Crippen LogP contribution in [0.2, 0.25) is 0 Å². The molecule has 0 aliphatic rings. The quantitative estimate of drug-likeness (QED) is 0.839. The van der Waals surface area contributed by atoms with E-state index < -0.39 is 5.97 Å². The third-order valence-corrected chi connectivity index (χ3v) is 2.33. The predicted molar refractivity (Wildman–Crippen MR) is 58.4 cm³/mol. The first kappa shape index (κ1) is 10.4. The van der Waals surface area contributed by atoms with E-state index in [4.69, 9.17) is 9.52 Å². The Kier molecular flexibility index (Phi) is 2.48. The summed E-state index contributed by atoms with van der Waals surface area (Å²) in [5.41, 5.74) is 1.78. The van der Waals surface area contributed by atoms with Gasteiger partial charge in [0.05, 0.1) is 11.8 Å². The minimum absolute atomic E-state index is 0.298. The van der Waals surface area contributed by atoms with E-state index in [0.717, 1.165) is 11.3 Å². The van der Waals surface area contributed by atoms with Crippen molar-refractivity contribution in [3.63, 3.8) is 0 Å². The first-order chi connectivity index (χ1) is 7.58. The van der Waals surface area contributed by atoms with Gasteiger partial charge in [0.2, 0.25) is 5.89 Å². The second-order valence-corrected chi connectivity index (χ2v) is 3.61. The maximum absolute atomic E-state index is 10.8. The monoisotopic (exact) mass is 217 g/mol. The molecule has 0 unspecified atom stereocenters. The number of aromatic nitrogens is 1. The number of aryl methyl sites for hydroxylation is 2. The van der Waals surface area contributed by atoms with Crippen molar-refractivity contribution >= 4 is 5.97 Å². The van der Waals surface area contributed by atoms with Gasteiger partial charge in [0.15, 0.2) is 0 Å². The summed E-state index contributed by atoms with van der Waals surface area (Å²) in [6.07, 6.45) is 1.63. The molecule has 2 rings (SSSR count). The van der Waals surface area contributed by atoms with Crippen LogP contribution < -0.4 is 0 Å². The van der Waals surface area contributed by atoms with E-state index in [1.807, 2.05) is 6.92 Å². The molecule has 0 bridgehead atoms. The van der Waals surface area contributed by atoms with Gasteiger partial charge in [-0.2, -0.15) is 0 Å². The highest BCUT2D eigenvalue weighted by molar-refractivity contribution is 5.90. The minimum atomic E-state index is -0.923. The maximum Gasteiger partial charge on any atom is 0.335 e. The molecule has 1 aromatic carbocycles. The summed E-state index contributed by atoms with van der Waals surface area (Å²) < 4.78 is 5.37. The molecular weight excluding hydrogens is 206 g/mol. The Morgan fingerprint density at radius 1 is 1.38 bits per heavy atom. The smallest absolute Gasteiger partial charge is 0.335 e. The number of carbonyl (C=O) groups is 1. The van der Waals surface area contributed by atoms with Crippen molar-refractivity contribution in [1.29, 1.82) is 0 Å².